The van der Waals surface area contributed by atoms with Crippen LogP contribution in [0.1, 0.15) is 0 Å². The Hall–Kier alpha value is -0.830. The molecule has 0 spiro atoms. The van der Waals surface area contributed by atoms with Gasteiger partial charge in [0.1, 0.15) is 0 Å². The molecule has 0 radical (unpaired) electrons. The molecule has 0 aliphatic rings. The van der Waals surface area contributed by atoms with Gasteiger partial charge in [-0.1, -0.05) is 41.0 Å². The molecule has 0 amide bonds. The summed E-state index contributed by atoms with van der Waals surface area (Å²) in [7, 11) is 0. The molecule has 82 valence electrons. The molecule has 0 saturated carbocycles. The van der Waals surface area contributed by atoms with Gasteiger partial charge in [0.15, 0.2) is 0 Å². The molecule has 0 aromatic heterocycles. The average molecular weight is 270 g/mol. The second-order valence-corrected chi connectivity index (χ2v) is 5.12. The fourth-order valence-corrected chi connectivity index (χ4v) is 2.57. The SMILES string of the molecule is Nc1ccc(Sc2cccc(Cl)c2Cl)cc1. The Balaban J connectivity index is 2.27. The van der Waals surface area contributed by atoms with Crippen molar-refractivity contribution in [3.8, 4) is 0 Å². The molecule has 0 saturated heterocycles. The maximum absolute atomic E-state index is 6.10. The van der Waals surface area contributed by atoms with Crippen LogP contribution in [-0.4, -0.2) is 0 Å². The van der Waals surface area contributed by atoms with Crippen molar-refractivity contribution in [3.63, 3.8) is 0 Å². The van der Waals surface area contributed by atoms with Crippen LogP contribution in [-0.2, 0) is 0 Å². The minimum atomic E-state index is 0.571. The zero-order valence-corrected chi connectivity index (χ0v) is 10.6. The molecule has 0 aliphatic carbocycles. The van der Waals surface area contributed by atoms with Gasteiger partial charge in [0.2, 0.25) is 0 Å². The number of nitrogen functional groups attached to an aromatic ring is 1. The van der Waals surface area contributed by atoms with Gasteiger partial charge in [-0.25, -0.2) is 0 Å². The van der Waals surface area contributed by atoms with Crippen molar-refractivity contribution >= 4 is 40.7 Å². The number of nitrogens with two attached hydrogens (primary N) is 1. The first-order valence-electron chi connectivity index (χ1n) is 4.64. The summed E-state index contributed by atoms with van der Waals surface area (Å²) in [6.45, 7) is 0. The Labute approximate surface area is 109 Å². The highest BCUT2D eigenvalue weighted by Gasteiger charge is 2.05. The molecule has 2 aromatic rings. The normalized spacial score (nSPS) is 10.4. The number of anilines is 1. The number of benzene rings is 2. The molecular formula is C12H9Cl2NS. The number of halogens is 2. The molecule has 2 N–H and O–H groups in total. The second-order valence-electron chi connectivity index (χ2n) is 3.22. The first-order valence-corrected chi connectivity index (χ1v) is 6.21. The largest absolute Gasteiger partial charge is 0.399 e. The van der Waals surface area contributed by atoms with Gasteiger partial charge in [0.25, 0.3) is 0 Å². The first-order chi connectivity index (χ1) is 7.66. The van der Waals surface area contributed by atoms with Crippen LogP contribution in [0.4, 0.5) is 5.69 Å². The minimum Gasteiger partial charge on any atom is -0.399 e. The van der Waals surface area contributed by atoms with E-state index in [-0.39, 0.29) is 0 Å². The molecule has 0 aliphatic heterocycles. The highest BCUT2D eigenvalue weighted by atomic mass is 35.5. The van der Waals surface area contributed by atoms with E-state index in [4.69, 9.17) is 28.9 Å². The van der Waals surface area contributed by atoms with Crippen molar-refractivity contribution in [2.45, 2.75) is 9.79 Å². The Morgan fingerprint density at radius 3 is 2.31 bits per heavy atom. The zero-order valence-electron chi connectivity index (χ0n) is 8.28. The maximum atomic E-state index is 6.10. The Morgan fingerprint density at radius 1 is 0.938 bits per heavy atom. The topological polar surface area (TPSA) is 26.0 Å². The van der Waals surface area contributed by atoms with E-state index in [0.717, 1.165) is 15.5 Å². The predicted molar refractivity (Wildman–Crippen MR) is 71.4 cm³/mol. The van der Waals surface area contributed by atoms with E-state index in [1.54, 1.807) is 17.8 Å². The summed E-state index contributed by atoms with van der Waals surface area (Å²) in [5.74, 6) is 0. The lowest BCUT2D eigenvalue weighted by Crippen LogP contribution is -1.83. The zero-order chi connectivity index (χ0) is 11.5. The van der Waals surface area contributed by atoms with E-state index in [1.165, 1.54) is 0 Å². The molecule has 0 atom stereocenters. The molecule has 0 fully saturated rings. The maximum Gasteiger partial charge on any atom is 0.0731 e. The molecule has 0 unspecified atom stereocenters. The fraction of sp³-hybridized carbons (Fsp3) is 0. The minimum absolute atomic E-state index is 0.571. The van der Waals surface area contributed by atoms with Crippen LogP contribution in [0, 0.1) is 0 Å². The quantitative estimate of drug-likeness (QED) is 0.798. The first kappa shape index (κ1) is 11.6. The van der Waals surface area contributed by atoms with E-state index in [0.29, 0.717) is 10.0 Å². The van der Waals surface area contributed by atoms with Crippen LogP contribution in [0.2, 0.25) is 10.0 Å². The summed E-state index contributed by atoms with van der Waals surface area (Å²) in [6, 6.07) is 13.2. The third-order valence-corrected chi connectivity index (χ3v) is 4.02. The summed E-state index contributed by atoms with van der Waals surface area (Å²) in [4.78, 5) is 2.03. The van der Waals surface area contributed by atoms with Gasteiger partial charge in [0.05, 0.1) is 10.0 Å². The second kappa shape index (κ2) is 5.00. The monoisotopic (exact) mass is 269 g/mol. The average Bonchev–Trinajstić information content (AvgIpc) is 2.28. The summed E-state index contributed by atoms with van der Waals surface area (Å²) in [5, 5.41) is 1.16. The van der Waals surface area contributed by atoms with Crippen LogP contribution < -0.4 is 5.73 Å². The van der Waals surface area contributed by atoms with Gasteiger partial charge in [0, 0.05) is 15.5 Å². The van der Waals surface area contributed by atoms with Crippen LogP contribution in [0.15, 0.2) is 52.3 Å². The predicted octanol–water partition coefficient (Wildman–Crippen LogP) is 4.73. The fourth-order valence-electron chi connectivity index (χ4n) is 1.23. The van der Waals surface area contributed by atoms with Crippen LogP contribution >= 0.6 is 35.0 Å². The van der Waals surface area contributed by atoms with Gasteiger partial charge in [-0.2, -0.15) is 0 Å². The number of hydrogen-bond donors (Lipinski definition) is 1. The van der Waals surface area contributed by atoms with Crippen molar-refractivity contribution in [3.05, 3.63) is 52.5 Å². The van der Waals surface area contributed by atoms with Crippen molar-refractivity contribution in [1.82, 2.24) is 0 Å². The number of hydrogen-bond acceptors (Lipinski definition) is 2. The lowest BCUT2D eigenvalue weighted by Gasteiger charge is -2.05. The van der Waals surface area contributed by atoms with Crippen molar-refractivity contribution in [2.24, 2.45) is 0 Å². The molecular weight excluding hydrogens is 261 g/mol. The van der Waals surface area contributed by atoms with Gasteiger partial charge >= 0.3 is 0 Å². The lowest BCUT2D eigenvalue weighted by atomic mass is 10.3. The lowest BCUT2D eigenvalue weighted by molar-refractivity contribution is 1.41. The third-order valence-electron chi connectivity index (χ3n) is 2.02. The smallest absolute Gasteiger partial charge is 0.0731 e. The highest BCUT2D eigenvalue weighted by Crippen LogP contribution is 2.36. The number of rotatable bonds is 2. The molecule has 2 rings (SSSR count). The van der Waals surface area contributed by atoms with E-state index in [2.05, 4.69) is 0 Å². The van der Waals surface area contributed by atoms with Crippen LogP contribution in [0.25, 0.3) is 0 Å². The molecule has 0 heterocycles. The summed E-state index contributed by atoms with van der Waals surface area (Å²) in [5.41, 5.74) is 6.37. The Morgan fingerprint density at radius 2 is 1.62 bits per heavy atom. The van der Waals surface area contributed by atoms with E-state index < -0.39 is 0 Å². The molecule has 1 nitrogen and oxygen atoms in total. The van der Waals surface area contributed by atoms with Crippen LogP contribution in [0.5, 0.6) is 0 Å². The van der Waals surface area contributed by atoms with Crippen molar-refractivity contribution in [2.75, 3.05) is 5.73 Å². The summed E-state index contributed by atoms with van der Waals surface area (Å²) < 4.78 is 0. The molecule has 2 aromatic carbocycles. The molecule has 0 bridgehead atoms. The summed E-state index contributed by atoms with van der Waals surface area (Å²) >= 11 is 13.6. The van der Waals surface area contributed by atoms with Gasteiger partial charge in [-0.3, -0.25) is 0 Å². The molecule has 4 heteroatoms. The third kappa shape index (κ3) is 2.64. The van der Waals surface area contributed by atoms with Gasteiger partial charge in [-0.05, 0) is 36.4 Å². The van der Waals surface area contributed by atoms with E-state index in [1.807, 2.05) is 36.4 Å². The molecule has 16 heavy (non-hydrogen) atoms. The standard InChI is InChI=1S/C12H9Cl2NS/c13-10-2-1-3-11(12(10)14)16-9-6-4-8(15)5-7-9/h1-7H,15H2. The highest BCUT2D eigenvalue weighted by molar-refractivity contribution is 7.99. The summed E-state index contributed by atoms with van der Waals surface area (Å²) in [6.07, 6.45) is 0. The van der Waals surface area contributed by atoms with Gasteiger partial charge in [-0.15, -0.1) is 0 Å². The van der Waals surface area contributed by atoms with E-state index in [9.17, 15) is 0 Å². The van der Waals surface area contributed by atoms with Crippen molar-refractivity contribution in [1.29, 1.82) is 0 Å². The van der Waals surface area contributed by atoms with Crippen molar-refractivity contribution < 1.29 is 0 Å². The Kier molecular flexibility index (Phi) is 3.64. The van der Waals surface area contributed by atoms with E-state index >= 15 is 0 Å². The van der Waals surface area contributed by atoms with Crippen LogP contribution in [0.3, 0.4) is 0 Å². The Bertz CT molecular complexity index is 497. The van der Waals surface area contributed by atoms with Gasteiger partial charge < -0.3 is 5.73 Å².